The highest BCUT2D eigenvalue weighted by atomic mass is 16.2. The van der Waals surface area contributed by atoms with Crippen molar-refractivity contribution >= 4 is 29.4 Å². The molecular weight excluding hydrogens is 348 g/mol. The van der Waals surface area contributed by atoms with Gasteiger partial charge in [-0.15, -0.1) is 0 Å². The summed E-state index contributed by atoms with van der Waals surface area (Å²) in [6.07, 6.45) is 2.56. The summed E-state index contributed by atoms with van der Waals surface area (Å²) in [5.41, 5.74) is 1.62. The first kappa shape index (κ1) is 18.9. The largest absolute Gasteiger partial charge is 0.352 e. The van der Waals surface area contributed by atoms with Crippen LogP contribution in [-0.4, -0.2) is 53.7 Å². The second-order valence-corrected chi connectivity index (χ2v) is 7.03. The van der Waals surface area contributed by atoms with Gasteiger partial charge in [0.25, 0.3) is 0 Å². The molecule has 1 aliphatic heterocycles. The molecule has 5 amide bonds. The Morgan fingerprint density at radius 3 is 2.67 bits per heavy atom. The number of nitrogens with zero attached hydrogens (tertiary/aromatic N) is 2. The number of urea groups is 1. The number of rotatable bonds is 8. The first-order valence-electron chi connectivity index (χ1n) is 9.16. The molecular formula is C19H24N4O4. The number of benzene rings is 1. The summed E-state index contributed by atoms with van der Waals surface area (Å²) in [7, 11) is 1.58. The van der Waals surface area contributed by atoms with Crippen molar-refractivity contribution in [3.05, 3.63) is 29.8 Å². The van der Waals surface area contributed by atoms with Gasteiger partial charge in [-0.05, 0) is 37.0 Å². The lowest BCUT2D eigenvalue weighted by molar-refractivity contribution is -0.126. The van der Waals surface area contributed by atoms with E-state index in [1.165, 1.54) is 9.80 Å². The van der Waals surface area contributed by atoms with Crippen molar-refractivity contribution in [3.8, 4) is 0 Å². The Balaban J connectivity index is 1.39. The minimum atomic E-state index is -0.314. The molecule has 1 saturated carbocycles. The Labute approximate surface area is 157 Å². The fourth-order valence-electron chi connectivity index (χ4n) is 2.92. The van der Waals surface area contributed by atoms with Gasteiger partial charge in [0.15, 0.2) is 0 Å². The Morgan fingerprint density at radius 1 is 1.22 bits per heavy atom. The zero-order valence-electron chi connectivity index (χ0n) is 15.4. The molecule has 2 fully saturated rings. The highest BCUT2D eigenvalue weighted by molar-refractivity contribution is 6.01. The third-order valence-corrected chi connectivity index (χ3v) is 4.65. The van der Waals surface area contributed by atoms with Crippen LogP contribution in [0.3, 0.4) is 0 Å². The van der Waals surface area contributed by atoms with E-state index < -0.39 is 0 Å². The van der Waals surface area contributed by atoms with Crippen molar-refractivity contribution in [2.75, 3.05) is 25.5 Å². The van der Waals surface area contributed by atoms with E-state index in [9.17, 15) is 19.2 Å². The van der Waals surface area contributed by atoms with E-state index in [1.54, 1.807) is 7.05 Å². The van der Waals surface area contributed by atoms with E-state index in [2.05, 4.69) is 10.6 Å². The van der Waals surface area contributed by atoms with Gasteiger partial charge in [-0.25, -0.2) is 4.79 Å². The number of amides is 5. The number of nitrogens with one attached hydrogen (secondary N) is 2. The van der Waals surface area contributed by atoms with E-state index in [-0.39, 0.29) is 49.2 Å². The zero-order valence-corrected chi connectivity index (χ0v) is 15.4. The lowest BCUT2D eigenvalue weighted by Crippen LogP contribution is -2.33. The summed E-state index contributed by atoms with van der Waals surface area (Å²) in [6.45, 7) is 0.701. The Kier molecular flexibility index (Phi) is 5.73. The van der Waals surface area contributed by atoms with Crippen LogP contribution in [0.1, 0.15) is 31.2 Å². The van der Waals surface area contributed by atoms with E-state index in [4.69, 9.17) is 0 Å². The molecule has 0 unspecified atom stereocenters. The highest BCUT2D eigenvalue weighted by Crippen LogP contribution is 2.30. The van der Waals surface area contributed by atoms with Gasteiger partial charge in [0.2, 0.25) is 17.7 Å². The number of imide groups is 1. The summed E-state index contributed by atoms with van der Waals surface area (Å²) in [4.78, 5) is 49.8. The van der Waals surface area contributed by atoms with E-state index in [0.717, 1.165) is 24.1 Å². The monoisotopic (exact) mass is 372 g/mol. The van der Waals surface area contributed by atoms with Crippen molar-refractivity contribution in [2.24, 2.45) is 5.92 Å². The van der Waals surface area contributed by atoms with Gasteiger partial charge in [-0.3, -0.25) is 19.3 Å². The molecule has 3 rings (SSSR count). The number of carbonyl (C=O) groups is 4. The Bertz CT molecular complexity index is 760. The quantitative estimate of drug-likeness (QED) is 0.673. The van der Waals surface area contributed by atoms with Crippen LogP contribution in [0.4, 0.5) is 10.5 Å². The zero-order chi connectivity index (χ0) is 19.4. The minimum Gasteiger partial charge on any atom is -0.352 e. The summed E-state index contributed by atoms with van der Waals surface area (Å²) >= 11 is 0. The predicted octanol–water partition coefficient (Wildman–Crippen LogP) is 1.33. The van der Waals surface area contributed by atoms with Crippen LogP contribution in [0, 0.1) is 5.92 Å². The molecule has 144 valence electrons. The average Bonchev–Trinajstić information content (AvgIpc) is 3.45. The average molecular weight is 372 g/mol. The van der Waals surface area contributed by atoms with Crippen LogP contribution in [0.25, 0.3) is 0 Å². The molecule has 1 aromatic carbocycles. The minimum absolute atomic E-state index is 0.0489. The number of hydrogen-bond acceptors (Lipinski definition) is 4. The summed E-state index contributed by atoms with van der Waals surface area (Å²) < 4.78 is 0. The van der Waals surface area contributed by atoms with E-state index >= 15 is 0 Å². The van der Waals surface area contributed by atoms with Crippen LogP contribution in [0.5, 0.6) is 0 Å². The van der Waals surface area contributed by atoms with E-state index in [0.29, 0.717) is 13.0 Å². The van der Waals surface area contributed by atoms with Crippen LogP contribution in [-0.2, 0) is 20.9 Å². The predicted molar refractivity (Wildman–Crippen MR) is 98.6 cm³/mol. The second-order valence-electron chi connectivity index (χ2n) is 7.03. The van der Waals surface area contributed by atoms with Crippen molar-refractivity contribution in [1.29, 1.82) is 0 Å². The maximum Gasteiger partial charge on any atom is 0.326 e. The standard InChI is InChI=1S/C19H24N4O4/c1-22-12-17(25)23(19(22)27)9-3-6-16(24)20-11-13-4-2-5-15(10-13)21-18(26)14-7-8-14/h2,4-5,10,14H,3,6-9,11-12H2,1H3,(H,20,24)(H,21,26). The smallest absolute Gasteiger partial charge is 0.326 e. The van der Waals surface area contributed by atoms with Gasteiger partial charge in [0.1, 0.15) is 6.54 Å². The molecule has 2 aliphatic rings. The topological polar surface area (TPSA) is 98.8 Å². The van der Waals surface area contributed by atoms with Gasteiger partial charge < -0.3 is 15.5 Å². The van der Waals surface area contributed by atoms with Crippen LogP contribution in [0.2, 0.25) is 0 Å². The first-order valence-corrected chi connectivity index (χ1v) is 9.16. The lowest BCUT2D eigenvalue weighted by Gasteiger charge is -2.13. The summed E-state index contributed by atoms with van der Waals surface area (Å²) in [5, 5.41) is 5.71. The summed E-state index contributed by atoms with van der Waals surface area (Å²) in [6, 6.07) is 7.07. The van der Waals surface area contributed by atoms with Gasteiger partial charge >= 0.3 is 6.03 Å². The normalized spacial score (nSPS) is 16.6. The maximum atomic E-state index is 12.0. The Hall–Kier alpha value is -2.90. The summed E-state index contributed by atoms with van der Waals surface area (Å²) in [5.74, 6) is -0.182. The number of carbonyl (C=O) groups excluding carboxylic acids is 4. The fourth-order valence-corrected chi connectivity index (χ4v) is 2.92. The van der Waals surface area contributed by atoms with Gasteiger partial charge in [-0.1, -0.05) is 12.1 Å². The Morgan fingerprint density at radius 2 is 2.00 bits per heavy atom. The molecule has 1 aliphatic carbocycles. The lowest BCUT2D eigenvalue weighted by atomic mass is 10.2. The molecule has 0 aromatic heterocycles. The number of likely N-dealkylation sites (N-methyl/N-ethyl adjacent to an activating group) is 1. The molecule has 2 N–H and O–H groups in total. The number of hydrogen-bond donors (Lipinski definition) is 2. The molecule has 0 spiro atoms. The molecule has 8 heteroatoms. The molecule has 27 heavy (non-hydrogen) atoms. The van der Waals surface area contributed by atoms with Gasteiger partial charge in [0, 0.05) is 38.2 Å². The SMILES string of the molecule is CN1CC(=O)N(CCCC(=O)NCc2cccc(NC(=O)C3CC3)c2)C1=O. The highest BCUT2D eigenvalue weighted by Gasteiger charge is 2.32. The fraction of sp³-hybridized carbons (Fsp3) is 0.474. The second kappa shape index (κ2) is 8.20. The van der Waals surface area contributed by atoms with Gasteiger partial charge in [-0.2, -0.15) is 0 Å². The van der Waals surface area contributed by atoms with Crippen molar-refractivity contribution < 1.29 is 19.2 Å². The third kappa shape index (κ3) is 5.06. The maximum absolute atomic E-state index is 12.0. The molecule has 0 bridgehead atoms. The molecule has 1 heterocycles. The molecule has 8 nitrogen and oxygen atoms in total. The van der Waals surface area contributed by atoms with Crippen molar-refractivity contribution in [1.82, 2.24) is 15.1 Å². The molecule has 1 saturated heterocycles. The molecule has 1 aromatic rings. The van der Waals surface area contributed by atoms with Crippen LogP contribution >= 0.6 is 0 Å². The number of anilines is 1. The molecule has 0 radical (unpaired) electrons. The first-order chi connectivity index (χ1) is 12.9. The van der Waals surface area contributed by atoms with Gasteiger partial charge in [0.05, 0.1) is 0 Å². The van der Waals surface area contributed by atoms with Crippen molar-refractivity contribution in [3.63, 3.8) is 0 Å². The van der Waals surface area contributed by atoms with Crippen LogP contribution in [0.15, 0.2) is 24.3 Å². The molecule has 0 atom stereocenters. The van der Waals surface area contributed by atoms with Crippen molar-refractivity contribution in [2.45, 2.75) is 32.2 Å². The van der Waals surface area contributed by atoms with E-state index in [1.807, 2.05) is 24.3 Å². The van der Waals surface area contributed by atoms with Crippen LogP contribution < -0.4 is 10.6 Å². The third-order valence-electron chi connectivity index (χ3n) is 4.65.